The SMILES string of the molecule is CCCCCCCCCCCCCCCCCC[C@H](CO)NC(C)=O. The van der Waals surface area contributed by atoms with Gasteiger partial charge in [0.05, 0.1) is 12.6 Å². The Balaban J connectivity index is 3.15. The Hall–Kier alpha value is -0.570. The first-order chi connectivity index (χ1) is 12.2. The van der Waals surface area contributed by atoms with E-state index in [1.165, 1.54) is 103 Å². The van der Waals surface area contributed by atoms with Gasteiger partial charge in [-0.3, -0.25) is 4.79 Å². The zero-order chi connectivity index (χ0) is 18.6. The number of unbranched alkanes of at least 4 members (excludes halogenated alkanes) is 15. The van der Waals surface area contributed by atoms with Gasteiger partial charge in [0.15, 0.2) is 0 Å². The molecule has 3 heteroatoms. The molecule has 0 bridgehead atoms. The Labute approximate surface area is 157 Å². The van der Waals surface area contributed by atoms with Crippen LogP contribution in [0.4, 0.5) is 0 Å². The molecule has 0 aromatic rings. The van der Waals surface area contributed by atoms with E-state index >= 15 is 0 Å². The molecule has 1 amide bonds. The van der Waals surface area contributed by atoms with Crippen LogP contribution in [0.25, 0.3) is 0 Å². The fraction of sp³-hybridized carbons (Fsp3) is 0.955. The maximum Gasteiger partial charge on any atom is 0.217 e. The summed E-state index contributed by atoms with van der Waals surface area (Å²) in [5.41, 5.74) is 0. The van der Waals surface area contributed by atoms with Crippen LogP contribution in [0.2, 0.25) is 0 Å². The van der Waals surface area contributed by atoms with Crippen molar-refractivity contribution in [1.29, 1.82) is 0 Å². The van der Waals surface area contributed by atoms with Crippen LogP contribution in [0.15, 0.2) is 0 Å². The van der Waals surface area contributed by atoms with E-state index in [0.29, 0.717) is 0 Å². The first kappa shape index (κ1) is 24.4. The second-order valence-corrected chi connectivity index (χ2v) is 7.67. The zero-order valence-corrected chi connectivity index (χ0v) is 17.2. The number of aliphatic hydroxyl groups excluding tert-OH is 1. The summed E-state index contributed by atoms with van der Waals surface area (Å²) >= 11 is 0. The third-order valence-corrected chi connectivity index (χ3v) is 5.03. The Morgan fingerprint density at radius 3 is 1.40 bits per heavy atom. The van der Waals surface area contributed by atoms with Gasteiger partial charge in [-0.15, -0.1) is 0 Å². The van der Waals surface area contributed by atoms with Gasteiger partial charge < -0.3 is 10.4 Å². The average Bonchev–Trinajstić information content (AvgIpc) is 2.60. The maximum absolute atomic E-state index is 11.0. The lowest BCUT2D eigenvalue weighted by Gasteiger charge is -2.14. The zero-order valence-electron chi connectivity index (χ0n) is 17.2. The molecular formula is C22H45NO2. The monoisotopic (exact) mass is 355 g/mol. The van der Waals surface area contributed by atoms with Crippen LogP contribution in [0.1, 0.15) is 123 Å². The molecule has 0 aliphatic carbocycles. The highest BCUT2D eigenvalue weighted by Crippen LogP contribution is 2.14. The normalized spacial score (nSPS) is 12.3. The quantitative estimate of drug-likeness (QED) is 0.274. The van der Waals surface area contributed by atoms with E-state index in [-0.39, 0.29) is 18.6 Å². The fourth-order valence-electron chi connectivity index (χ4n) is 3.44. The average molecular weight is 356 g/mol. The molecule has 0 spiro atoms. The minimum atomic E-state index is -0.0517. The standard InChI is InChI=1S/C22H45NO2/c1-3-4-5-6-7-8-9-10-11-12-13-14-15-16-17-18-19-22(20-24)23-21(2)25/h22,24H,3-20H2,1-2H3,(H,23,25)/t22-/m1/s1. The molecule has 0 rings (SSSR count). The number of carbonyl (C=O) groups is 1. The van der Waals surface area contributed by atoms with Crippen LogP contribution in [0.5, 0.6) is 0 Å². The Morgan fingerprint density at radius 1 is 0.720 bits per heavy atom. The van der Waals surface area contributed by atoms with Crippen molar-refractivity contribution in [2.24, 2.45) is 0 Å². The largest absolute Gasteiger partial charge is 0.394 e. The first-order valence-electron chi connectivity index (χ1n) is 11.1. The number of aliphatic hydroxyl groups is 1. The molecule has 0 aromatic heterocycles. The Morgan fingerprint density at radius 2 is 1.08 bits per heavy atom. The van der Waals surface area contributed by atoms with Gasteiger partial charge in [0.1, 0.15) is 0 Å². The predicted octanol–water partition coefficient (Wildman–Crippen LogP) is 6.14. The highest BCUT2D eigenvalue weighted by atomic mass is 16.3. The molecule has 2 N–H and O–H groups in total. The molecule has 0 fully saturated rings. The number of nitrogens with one attached hydrogen (secondary N) is 1. The van der Waals surface area contributed by atoms with Crippen molar-refractivity contribution in [3.05, 3.63) is 0 Å². The lowest BCUT2D eigenvalue weighted by molar-refractivity contribution is -0.120. The lowest BCUT2D eigenvalue weighted by atomic mass is 10.0. The molecule has 0 unspecified atom stereocenters. The van der Waals surface area contributed by atoms with Crippen molar-refractivity contribution in [1.82, 2.24) is 5.32 Å². The second kappa shape index (κ2) is 19.8. The van der Waals surface area contributed by atoms with Gasteiger partial charge in [-0.2, -0.15) is 0 Å². The van der Waals surface area contributed by atoms with Crippen molar-refractivity contribution < 1.29 is 9.90 Å². The summed E-state index contributed by atoms with van der Waals surface area (Å²) in [5, 5.41) is 12.0. The van der Waals surface area contributed by atoms with E-state index in [0.717, 1.165) is 12.8 Å². The van der Waals surface area contributed by atoms with Crippen LogP contribution in [-0.2, 0) is 4.79 Å². The number of hydrogen-bond acceptors (Lipinski definition) is 2. The first-order valence-corrected chi connectivity index (χ1v) is 11.1. The lowest BCUT2D eigenvalue weighted by Crippen LogP contribution is -2.35. The number of hydrogen-bond donors (Lipinski definition) is 2. The van der Waals surface area contributed by atoms with E-state index < -0.39 is 0 Å². The minimum Gasteiger partial charge on any atom is -0.394 e. The van der Waals surface area contributed by atoms with Gasteiger partial charge >= 0.3 is 0 Å². The van der Waals surface area contributed by atoms with E-state index in [1.807, 2.05) is 0 Å². The summed E-state index contributed by atoms with van der Waals surface area (Å²) in [5.74, 6) is -0.0458. The molecule has 3 nitrogen and oxygen atoms in total. The van der Waals surface area contributed by atoms with Crippen LogP contribution in [0, 0.1) is 0 Å². The van der Waals surface area contributed by atoms with Gasteiger partial charge in [0.25, 0.3) is 0 Å². The smallest absolute Gasteiger partial charge is 0.217 e. The number of rotatable bonds is 19. The van der Waals surface area contributed by atoms with Crippen molar-refractivity contribution in [2.45, 2.75) is 129 Å². The molecule has 0 heterocycles. The van der Waals surface area contributed by atoms with Gasteiger partial charge in [-0.25, -0.2) is 0 Å². The molecule has 0 saturated carbocycles. The Kier molecular flexibility index (Phi) is 19.3. The van der Waals surface area contributed by atoms with Crippen LogP contribution in [0.3, 0.4) is 0 Å². The number of amides is 1. The van der Waals surface area contributed by atoms with Gasteiger partial charge in [0.2, 0.25) is 5.91 Å². The molecule has 0 aliphatic rings. The van der Waals surface area contributed by atoms with Crippen molar-refractivity contribution in [3.8, 4) is 0 Å². The fourth-order valence-corrected chi connectivity index (χ4v) is 3.44. The Bertz CT molecular complexity index is 281. The second-order valence-electron chi connectivity index (χ2n) is 7.67. The van der Waals surface area contributed by atoms with Crippen molar-refractivity contribution >= 4 is 5.91 Å². The molecule has 0 aliphatic heterocycles. The summed E-state index contributed by atoms with van der Waals surface area (Å²) < 4.78 is 0. The molecular weight excluding hydrogens is 310 g/mol. The highest BCUT2D eigenvalue weighted by Gasteiger charge is 2.07. The summed E-state index contributed by atoms with van der Waals surface area (Å²) in [6.07, 6.45) is 22.8. The maximum atomic E-state index is 11.0. The van der Waals surface area contributed by atoms with Gasteiger partial charge in [0, 0.05) is 6.92 Å². The van der Waals surface area contributed by atoms with Gasteiger partial charge in [-0.05, 0) is 6.42 Å². The summed E-state index contributed by atoms with van der Waals surface area (Å²) in [6, 6.07) is -0.0517. The molecule has 0 aromatic carbocycles. The molecule has 25 heavy (non-hydrogen) atoms. The third kappa shape index (κ3) is 19.6. The number of carbonyl (C=O) groups excluding carboxylic acids is 1. The third-order valence-electron chi connectivity index (χ3n) is 5.03. The van der Waals surface area contributed by atoms with Gasteiger partial charge in [-0.1, -0.05) is 110 Å². The van der Waals surface area contributed by atoms with Crippen LogP contribution < -0.4 is 5.32 Å². The topological polar surface area (TPSA) is 49.3 Å². The van der Waals surface area contributed by atoms with Crippen LogP contribution >= 0.6 is 0 Å². The molecule has 150 valence electrons. The van der Waals surface area contributed by atoms with E-state index in [4.69, 9.17) is 0 Å². The molecule has 0 saturated heterocycles. The summed E-state index contributed by atoms with van der Waals surface area (Å²) in [4.78, 5) is 11.0. The molecule has 0 radical (unpaired) electrons. The summed E-state index contributed by atoms with van der Waals surface area (Å²) in [6.45, 7) is 3.84. The minimum absolute atomic E-state index is 0.0458. The van der Waals surface area contributed by atoms with E-state index in [9.17, 15) is 9.90 Å². The molecule has 1 atom stereocenters. The van der Waals surface area contributed by atoms with Crippen molar-refractivity contribution in [3.63, 3.8) is 0 Å². The van der Waals surface area contributed by atoms with E-state index in [2.05, 4.69) is 12.2 Å². The predicted molar refractivity (Wildman–Crippen MR) is 109 cm³/mol. The highest BCUT2D eigenvalue weighted by molar-refractivity contribution is 5.73. The van der Waals surface area contributed by atoms with Crippen LogP contribution in [-0.4, -0.2) is 23.7 Å². The summed E-state index contributed by atoms with van der Waals surface area (Å²) in [7, 11) is 0. The van der Waals surface area contributed by atoms with Crippen molar-refractivity contribution in [2.75, 3.05) is 6.61 Å². The van der Waals surface area contributed by atoms with E-state index in [1.54, 1.807) is 0 Å².